The first-order valence-electron chi connectivity index (χ1n) is 10.5. The van der Waals surface area contributed by atoms with E-state index in [4.69, 9.17) is 5.41 Å². The van der Waals surface area contributed by atoms with Crippen LogP contribution in [-0.2, 0) is 6.42 Å². The van der Waals surface area contributed by atoms with Gasteiger partial charge in [0.05, 0.1) is 29.9 Å². The number of hydrogen-bond donors (Lipinski definition) is 3. The van der Waals surface area contributed by atoms with Gasteiger partial charge in [0.15, 0.2) is 0 Å². The fourth-order valence-corrected chi connectivity index (χ4v) is 3.52. The van der Waals surface area contributed by atoms with Crippen LogP contribution in [0.25, 0.3) is 0 Å². The second kappa shape index (κ2) is 10.1. The minimum atomic E-state index is -4.25. The predicted octanol–water partition coefficient (Wildman–Crippen LogP) is 4.34. The van der Waals surface area contributed by atoms with Gasteiger partial charge in [0, 0.05) is 36.7 Å². The number of benzene rings is 1. The summed E-state index contributed by atoms with van der Waals surface area (Å²) in [6, 6.07) is 8.37. The van der Waals surface area contributed by atoms with E-state index in [1.54, 1.807) is 24.4 Å². The molecule has 1 aromatic heterocycles. The Morgan fingerprint density at radius 3 is 2.48 bits per heavy atom. The van der Waals surface area contributed by atoms with E-state index < -0.39 is 12.6 Å². The number of likely N-dealkylation sites (N-methyl/N-ethyl adjacent to an activating group) is 1. The highest BCUT2D eigenvalue weighted by molar-refractivity contribution is 6.09. The third-order valence-electron chi connectivity index (χ3n) is 5.52. The Balaban J connectivity index is 1.87. The molecule has 0 radical (unpaired) electrons. The van der Waals surface area contributed by atoms with Gasteiger partial charge in [-0.2, -0.15) is 13.2 Å². The van der Waals surface area contributed by atoms with Crippen LogP contribution >= 0.6 is 0 Å². The SMILES string of the molecule is C=CC(=C)NCC(=N)c1c(N2CC(N(C)C)C2)ccnc1Nc1ccc(CC(F)(F)F)cc1. The zero-order valence-electron chi connectivity index (χ0n) is 18.8. The summed E-state index contributed by atoms with van der Waals surface area (Å²) in [5.41, 5.74) is 3.22. The van der Waals surface area contributed by atoms with Gasteiger partial charge in [0.25, 0.3) is 0 Å². The standard InChI is InChI=1S/C24H29F3N6/c1-5-16(2)30-13-20(28)22-21(33-14-19(15-33)32(3)4)10-11-29-23(22)31-18-8-6-17(7-9-18)12-24(25,26)27/h5-11,19,28,30H,1-2,12-15H2,3-4H3,(H,29,31). The number of aromatic nitrogens is 1. The minimum Gasteiger partial charge on any atom is -0.380 e. The van der Waals surface area contributed by atoms with Crippen LogP contribution in [-0.4, -0.2) is 61.5 Å². The Kier molecular flexibility index (Phi) is 7.43. The van der Waals surface area contributed by atoms with Gasteiger partial charge in [-0.15, -0.1) is 0 Å². The number of rotatable bonds is 10. The molecule has 33 heavy (non-hydrogen) atoms. The topological polar surface area (TPSA) is 67.3 Å². The molecule has 0 unspecified atom stereocenters. The number of anilines is 3. The maximum Gasteiger partial charge on any atom is 0.393 e. The zero-order valence-corrected chi connectivity index (χ0v) is 18.8. The van der Waals surface area contributed by atoms with Crippen LogP contribution in [0.4, 0.5) is 30.4 Å². The average molecular weight is 459 g/mol. The Morgan fingerprint density at radius 2 is 1.91 bits per heavy atom. The van der Waals surface area contributed by atoms with Crippen molar-refractivity contribution in [3.8, 4) is 0 Å². The zero-order chi connectivity index (χ0) is 24.2. The van der Waals surface area contributed by atoms with Gasteiger partial charge in [-0.25, -0.2) is 4.98 Å². The molecule has 1 aliphatic rings. The third-order valence-corrected chi connectivity index (χ3v) is 5.52. The molecule has 0 atom stereocenters. The molecule has 0 spiro atoms. The third kappa shape index (κ3) is 6.35. The molecule has 2 aromatic rings. The van der Waals surface area contributed by atoms with Crippen LogP contribution in [0.3, 0.4) is 0 Å². The molecule has 1 saturated heterocycles. The Labute approximate surface area is 192 Å². The van der Waals surface area contributed by atoms with E-state index in [0.29, 0.717) is 34.5 Å². The van der Waals surface area contributed by atoms with Gasteiger partial charge in [-0.1, -0.05) is 25.3 Å². The molecule has 2 heterocycles. The average Bonchev–Trinajstić information content (AvgIpc) is 2.71. The summed E-state index contributed by atoms with van der Waals surface area (Å²) in [4.78, 5) is 8.80. The summed E-state index contributed by atoms with van der Waals surface area (Å²) in [5.74, 6) is 0.473. The maximum absolute atomic E-state index is 12.6. The van der Waals surface area contributed by atoms with E-state index in [1.165, 1.54) is 12.1 Å². The lowest BCUT2D eigenvalue weighted by atomic mass is 10.0. The second-order valence-electron chi connectivity index (χ2n) is 8.25. The smallest absolute Gasteiger partial charge is 0.380 e. The predicted molar refractivity (Wildman–Crippen MR) is 128 cm³/mol. The lowest BCUT2D eigenvalue weighted by molar-refractivity contribution is -0.127. The van der Waals surface area contributed by atoms with Crippen molar-refractivity contribution in [2.24, 2.45) is 0 Å². The second-order valence-corrected chi connectivity index (χ2v) is 8.25. The monoisotopic (exact) mass is 458 g/mol. The molecule has 1 aromatic carbocycles. The van der Waals surface area contributed by atoms with Crippen molar-refractivity contribution in [3.05, 3.63) is 72.6 Å². The molecular formula is C24H29F3N6. The molecule has 6 nitrogen and oxygen atoms in total. The molecular weight excluding hydrogens is 429 g/mol. The van der Waals surface area contributed by atoms with Crippen molar-refractivity contribution >= 4 is 22.9 Å². The first-order valence-corrected chi connectivity index (χ1v) is 10.5. The molecule has 1 fully saturated rings. The van der Waals surface area contributed by atoms with E-state index in [1.807, 2.05) is 20.2 Å². The number of alkyl halides is 3. The minimum absolute atomic E-state index is 0.185. The van der Waals surface area contributed by atoms with Crippen LogP contribution in [0.1, 0.15) is 11.1 Å². The number of halogens is 3. The van der Waals surface area contributed by atoms with Crippen LogP contribution in [0.15, 0.2) is 61.5 Å². The number of pyridine rings is 1. The summed E-state index contributed by atoms with van der Waals surface area (Å²) in [7, 11) is 4.08. The van der Waals surface area contributed by atoms with Crippen molar-refractivity contribution in [1.82, 2.24) is 15.2 Å². The summed E-state index contributed by atoms with van der Waals surface area (Å²) >= 11 is 0. The quantitative estimate of drug-likeness (QED) is 0.365. The number of hydrogen-bond acceptors (Lipinski definition) is 6. The molecule has 0 saturated carbocycles. The van der Waals surface area contributed by atoms with Crippen LogP contribution < -0.4 is 15.5 Å². The van der Waals surface area contributed by atoms with Gasteiger partial charge in [-0.3, -0.25) is 0 Å². The number of nitrogens with one attached hydrogen (secondary N) is 3. The summed E-state index contributed by atoms with van der Waals surface area (Å²) in [6.45, 7) is 9.38. The van der Waals surface area contributed by atoms with Crippen LogP contribution in [0.5, 0.6) is 0 Å². The first kappa shape index (κ1) is 24.3. The lowest BCUT2D eigenvalue weighted by Crippen LogP contribution is -2.57. The number of nitrogens with zero attached hydrogens (tertiary/aromatic N) is 3. The van der Waals surface area contributed by atoms with E-state index in [0.717, 1.165) is 18.8 Å². The molecule has 3 rings (SSSR count). The highest BCUT2D eigenvalue weighted by Gasteiger charge is 2.31. The van der Waals surface area contributed by atoms with Gasteiger partial charge in [-0.05, 0) is 43.9 Å². The molecule has 3 N–H and O–H groups in total. The van der Waals surface area contributed by atoms with Gasteiger partial charge in [0.2, 0.25) is 0 Å². The molecule has 176 valence electrons. The fraction of sp³-hybridized carbons (Fsp3) is 0.333. The highest BCUT2D eigenvalue weighted by atomic mass is 19.4. The van der Waals surface area contributed by atoms with Crippen molar-refractivity contribution in [2.75, 3.05) is 43.9 Å². The molecule has 0 bridgehead atoms. The van der Waals surface area contributed by atoms with Crippen LogP contribution in [0, 0.1) is 5.41 Å². The highest BCUT2D eigenvalue weighted by Crippen LogP contribution is 2.32. The van der Waals surface area contributed by atoms with Gasteiger partial charge >= 0.3 is 6.18 Å². The molecule has 0 aliphatic carbocycles. The molecule has 9 heteroatoms. The molecule has 0 amide bonds. The summed E-state index contributed by atoms with van der Waals surface area (Å²) in [6.07, 6.45) is -1.98. The summed E-state index contributed by atoms with van der Waals surface area (Å²) in [5, 5.41) is 15.0. The summed E-state index contributed by atoms with van der Waals surface area (Å²) < 4.78 is 37.9. The van der Waals surface area contributed by atoms with Crippen LogP contribution in [0.2, 0.25) is 0 Å². The maximum atomic E-state index is 12.6. The van der Waals surface area contributed by atoms with E-state index in [2.05, 4.69) is 38.6 Å². The van der Waals surface area contributed by atoms with E-state index in [-0.39, 0.29) is 12.1 Å². The van der Waals surface area contributed by atoms with Gasteiger partial charge < -0.3 is 25.8 Å². The first-order chi connectivity index (χ1) is 15.6. The van der Waals surface area contributed by atoms with Crippen molar-refractivity contribution in [3.63, 3.8) is 0 Å². The van der Waals surface area contributed by atoms with Gasteiger partial charge in [0.1, 0.15) is 5.82 Å². The lowest BCUT2D eigenvalue weighted by Gasteiger charge is -2.45. The Morgan fingerprint density at radius 1 is 1.24 bits per heavy atom. The van der Waals surface area contributed by atoms with Crippen molar-refractivity contribution < 1.29 is 13.2 Å². The fourth-order valence-electron chi connectivity index (χ4n) is 3.52. The van der Waals surface area contributed by atoms with Crippen molar-refractivity contribution in [1.29, 1.82) is 5.41 Å². The number of allylic oxidation sites excluding steroid dienone is 1. The Hall–Kier alpha value is -3.33. The van der Waals surface area contributed by atoms with E-state index in [9.17, 15) is 13.2 Å². The Bertz CT molecular complexity index is 1010. The molecule has 1 aliphatic heterocycles. The normalized spacial score (nSPS) is 14.1. The van der Waals surface area contributed by atoms with Crippen molar-refractivity contribution in [2.45, 2.75) is 18.6 Å². The largest absolute Gasteiger partial charge is 0.393 e. The van der Waals surface area contributed by atoms with E-state index >= 15 is 0 Å².